The van der Waals surface area contributed by atoms with E-state index in [1.54, 1.807) is 43.5 Å². The van der Waals surface area contributed by atoms with Crippen molar-refractivity contribution in [3.05, 3.63) is 83.9 Å². The van der Waals surface area contributed by atoms with Crippen molar-refractivity contribution in [2.45, 2.75) is 82.8 Å². The molecule has 242 valence electrons. The second-order valence-corrected chi connectivity index (χ2v) is 13.2. The lowest BCUT2D eigenvalue weighted by molar-refractivity contribution is -0.140. The van der Waals surface area contributed by atoms with Gasteiger partial charge in [0, 0.05) is 12.6 Å². The number of anilines is 1. The van der Waals surface area contributed by atoms with E-state index >= 15 is 0 Å². The molecule has 1 aliphatic carbocycles. The lowest BCUT2D eigenvalue weighted by atomic mass is 9.95. The van der Waals surface area contributed by atoms with Gasteiger partial charge in [0.25, 0.3) is 10.0 Å². The highest BCUT2D eigenvalue weighted by molar-refractivity contribution is 7.92. The van der Waals surface area contributed by atoms with Crippen LogP contribution in [0.4, 0.5) is 5.69 Å². The summed E-state index contributed by atoms with van der Waals surface area (Å²) in [5.41, 5.74) is 1.91. The first-order chi connectivity index (χ1) is 21.7. The topological polar surface area (TPSA) is 105 Å². The summed E-state index contributed by atoms with van der Waals surface area (Å²) in [6.07, 6.45) is 5.43. The first-order valence-electron chi connectivity index (χ1n) is 15.7. The van der Waals surface area contributed by atoms with Crippen LogP contribution in [0, 0.1) is 6.92 Å². The summed E-state index contributed by atoms with van der Waals surface area (Å²) in [5, 5.41) is 3.18. The standard InChI is InChI=1S/C35H45N3O6S/c1-5-31(35(40)36-28-14-8-7-9-15-28)37(24-27-13-12-16-29(23-27)43-4)34(39)25-38(32-17-10-11-18-33(32)44-6-2)45(41,42)30-21-19-26(3)20-22-30/h10-13,16-23,28,31H,5-9,14-15,24-25H2,1-4H3,(H,36,40)/t31-/m1/s1. The highest BCUT2D eigenvalue weighted by atomic mass is 32.2. The Bertz CT molecular complexity index is 1540. The number of benzene rings is 3. The van der Waals surface area contributed by atoms with Gasteiger partial charge in [0.15, 0.2) is 0 Å². The van der Waals surface area contributed by atoms with Crippen molar-refractivity contribution in [2.24, 2.45) is 0 Å². The van der Waals surface area contributed by atoms with Crippen LogP contribution in [-0.4, -0.2) is 57.5 Å². The van der Waals surface area contributed by atoms with Gasteiger partial charge in [0.1, 0.15) is 24.1 Å². The third-order valence-electron chi connectivity index (χ3n) is 8.15. The minimum absolute atomic E-state index is 0.0497. The van der Waals surface area contributed by atoms with Gasteiger partial charge in [0.2, 0.25) is 11.8 Å². The summed E-state index contributed by atoms with van der Waals surface area (Å²) in [7, 11) is -2.65. The van der Waals surface area contributed by atoms with E-state index in [0.717, 1.165) is 47.5 Å². The highest BCUT2D eigenvalue weighted by Crippen LogP contribution is 2.33. The molecule has 9 nitrogen and oxygen atoms in total. The molecule has 1 N–H and O–H groups in total. The molecule has 1 saturated carbocycles. The van der Waals surface area contributed by atoms with E-state index in [2.05, 4.69) is 5.32 Å². The minimum atomic E-state index is -4.21. The molecule has 0 radical (unpaired) electrons. The lowest BCUT2D eigenvalue weighted by Gasteiger charge is -2.34. The van der Waals surface area contributed by atoms with Crippen molar-refractivity contribution in [1.29, 1.82) is 0 Å². The van der Waals surface area contributed by atoms with Crippen LogP contribution in [0.2, 0.25) is 0 Å². The van der Waals surface area contributed by atoms with Crippen molar-refractivity contribution in [3.63, 3.8) is 0 Å². The van der Waals surface area contributed by atoms with Gasteiger partial charge in [-0.15, -0.1) is 0 Å². The number of hydrogen-bond donors (Lipinski definition) is 1. The molecule has 0 heterocycles. The molecule has 4 rings (SSSR count). The van der Waals surface area contributed by atoms with E-state index in [9.17, 15) is 18.0 Å². The summed E-state index contributed by atoms with van der Waals surface area (Å²) in [4.78, 5) is 29.8. The molecule has 3 aromatic rings. The molecule has 0 spiro atoms. The first kappa shape index (κ1) is 33.8. The van der Waals surface area contributed by atoms with Gasteiger partial charge in [-0.05, 0) is 75.1 Å². The second kappa shape index (κ2) is 15.8. The Morgan fingerprint density at radius 3 is 2.33 bits per heavy atom. The highest BCUT2D eigenvalue weighted by Gasteiger charge is 2.35. The maximum Gasteiger partial charge on any atom is 0.264 e. The Morgan fingerprint density at radius 2 is 1.67 bits per heavy atom. The Balaban J connectivity index is 1.75. The molecule has 1 aliphatic rings. The number of nitrogens with one attached hydrogen (secondary N) is 1. The molecule has 0 saturated heterocycles. The van der Waals surface area contributed by atoms with Crippen molar-refractivity contribution in [1.82, 2.24) is 10.2 Å². The smallest absolute Gasteiger partial charge is 0.264 e. The molecule has 0 bridgehead atoms. The van der Waals surface area contributed by atoms with Crippen LogP contribution >= 0.6 is 0 Å². The van der Waals surface area contributed by atoms with Crippen LogP contribution in [0.1, 0.15) is 63.5 Å². The summed E-state index contributed by atoms with van der Waals surface area (Å²) < 4.78 is 40.8. The van der Waals surface area contributed by atoms with Gasteiger partial charge in [-0.3, -0.25) is 13.9 Å². The zero-order chi connectivity index (χ0) is 32.4. The van der Waals surface area contributed by atoms with Gasteiger partial charge in [-0.2, -0.15) is 0 Å². The van der Waals surface area contributed by atoms with Gasteiger partial charge >= 0.3 is 0 Å². The van der Waals surface area contributed by atoms with Gasteiger partial charge in [-0.25, -0.2) is 8.42 Å². The van der Waals surface area contributed by atoms with Gasteiger partial charge < -0.3 is 19.7 Å². The molecular formula is C35H45N3O6S. The molecule has 2 amide bonds. The number of ether oxygens (including phenoxy) is 2. The third kappa shape index (κ3) is 8.57. The Kier molecular flexibility index (Phi) is 11.9. The average Bonchev–Trinajstić information content (AvgIpc) is 3.04. The van der Waals surface area contributed by atoms with Crippen molar-refractivity contribution in [3.8, 4) is 11.5 Å². The van der Waals surface area contributed by atoms with Crippen molar-refractivity contribution < 1.29 is 27.5 Å². The fraction of sp³-hybridized carbons (Fsp3) is 0.429. The van der Waals surface area contributed by atoms with Crippen LogP contribution in [0.15, 0.2) is 77.7 Å². The summed E-state index contributed by atoms with van der Waals surface area (Å²) in [5.74, 6) is 0.215. The fourth-order valence-corrected chi connectivity index (χ4v) is 7.15. The SMILES string of the molecule is CCOc1ccccc1N(CC(=O)N(Cc1cccc(OC)c1)[C@H](CC)C(=O)NC1CCCCC1)S(=O)(=O)c1ccc(C)cc1. The maximum atomic E-state index is 14.5. The largest absolute Gasteiger partial charge is 0.497 e. The number of carbonyl (C=O) groups is 2. The predicted octanol–water partition coefficient (Wildman–Crippen LogP) is 5.85. The number of amides is 2. The average molecular weight is 636 g/mol. The second-order valence-electron chi connectivity index (χ2n) is 11.4. The van der Waals surface area contributed by atoms with Gasteiger partial charge in [-0.1, -0.05) is 68.1 Å². The number of rotatable bonds is 14. The molecule has 3 aromatic carbocycles. The molecule has 45 heavy (non-hydrogen) atoms. The van der Waals surface area contributed by atoms with E-state index in [0.29, 0.717) is 24.5 Å². The van der Waals surface area contributed by atoms with Crippen LogP contribution in [-0.2, 0) is 26.2 Å². The van der Waals surface area contributed by atoms with E-state index in [-0.39, 0.29) is 29.1 Å². The van der Waals surface area contributed by atoms with Crippen LogP contribution in [0.5, 0.6) is 11.5 Å². The normalized spacial score (nSPS) is 14.3. The number of sulfonamides is 1. The molecule has 1 fully saturated rings. The van der Waals surface area contributed by atoms with E-state index in [1.807, 2.05) is 45.0 Å². The number of methoxy groups -OCH3 is 1. The number of aryl methyl sites for hydroxylation is 1. The monoisotopic (exact) mass is 635 g/mol. The number of hydrogen-bond acceptors (Lipinski definition) is 6. The van der Waals surface area contributed by atoms with Crippen molar-refractivity contribution in [2.75, 3.05) is 24.6 Å². The Hall–Kier alpha value is -4.05. The van der Waals surface area contributed by atoms with Crippen LogP contribution < -0.4 is 19.1 Å². The fourth-order valence-electron chi connectivity index (χ4n) is 5.72. The Labute approximate surface area is 267 Å². The number of carbonyl (C=O) groups excluding carboxylic acids is 2. The van der Waals surface area contributed by atoms with E-state index in [1.165, 1.54) is 17.0 Å². The van der Waals surface area contributed by atoms with Crippen LogP contribution in [0.25, 0.3) is 0 Å². The summed E-state index contributed by atoms with van der Waals surface area (Å²) >= 11 is 0. The molecular weight excluding hydrogens is 590 g/mol. The summed E-state index contributed by atoms with van der Waals surface area (Å²) in [6, 6.07) is 19.8. The van der Waals surface area contributed by atoms with E-state index in [4.69, 9.17) is 9.47 Å². The zero-order valence-electron chi connectivity index (χ0n) is 26.7. The first-order valence-corrected chi connectivity index (χ1v) is 17.2. The quantitative estimate of drug-likeness (QED) is 0.238. The molecule has 0 aromatic heterocycles. The lowest BCUT2D eigenvalue weighted by Crippen LogP contribution is -2.54. The molecule has 0 unspecified atom stereocenters. The maximum absolute atomic E-state index is 14.5. The number of nitrogens with zero attached hydrogens (tertiary/aromatic N) is 2. The predicted molar refractivity (Wildman–Crippen MR) is 176 cm³/mol. The summed E-state index contributed by atoms with van der Waals surface area (Å²) in [6.45, 7) is 5.43. The minimum Gasteiger partial charge on any atom is -0.497 e. The van der Waals surface area contributed by atoms with Crippen LogP contribution in [0.3, 0.4) is 0 Å². The van der Waals surface area contributed by atoms with Gasteiger partial charge in [0.05, 0.1) is 24.3 Å². The number of para-hydroxylation sites is 2. The van der Waals surface area contributed by atoms with E-state index < -0.39 is 28.5 Å². The zero-order valence-corrected chi connectivity index (χ0v) is 27.5. The molecule has 10 heteroatoms. The molecule has 0 aliphatic heterocycles. The van der Waals surface area contributed by atoms with Crippen molar-refractivity contribution >= 4 is 27.5 Å². The molecule has 1 atom stereocenters. The third-order valence-corrected chi connectivity index (χ3v) is 9.92. The Morgan fingerprint density at radius 1 is 0.956 bits per heavy atom.